The summed E-state index contributed by atoms with van der Waals surface area (Å²) in [4.78, 5) is 11.9. The Morgan fingerprint density at radius 1 is 1.50 bits per heavy atom. The van der Waals surface area contributed by atoms with E-state index in [1.165, 1.54) is 18.2 Å². The lowest BCUT2D eigenvalue weighted by Crippen LogP contribution is -2.32. The van der Waals surface area contributed by atoms with Gasteiger partial charge in [-0.05, 0) is 47.5 Å². The molecule has 100 valence electrons. The third-order valence-corrected chi connectivity index (χ3v) is 4.10. The first kappa shape index (κ1) is 15.1. The summed E-state index contributed by atoms with van der Waals surface area (Å²) in [6.07, 6.45) is 0.790. The Morgan fingerprint density at radius 3 is 2.61 bits per heavy atom. The van der Waals surface area contributed by atoms with Crippen molar-refractivity contribution in [3.05, 3.63) is 28.2 Å². The average Bonchev–Trinajstić information content (AvgIpc) is 2.27. The molecule has 0 saturated heterocycles. The molecule has 0 fully saturated rings. The van der Waals surface area contributed by atoms with Crippen molar-refractivity contribution in [3.8, 4) is 0 Å². The van der Waals surface area contributed by atoms with Crippen molar-refractivity contribution >= 4 is 31.9 Å². The number of halogens is 1. The van der Waals surface area contributed by atoms with E-state index in [2.05, 4.69) is 21.2 Å². The molecule has 1 amide bonds. The Balaban J connectivity index is 3.12. The fourth-order valence-electron chi connectivity index (χ4n) is 1.26. The Kier molecular flexibility index (Phi) is 4.89. The third kappa shape index (κ3) is 3.79. The van der Waals surface area contributed by atoms with Crippen LogP contribution in [0.1, 0.15) is 30.6 Å². The van der Waals surface area contributed by atoms with Crippen molar-refractivity contribution in [2.24, 2.45) is 5.14 Å². The Labute approximate surface area is 115 Å². The molecule has 0 bridgehead atoms. The minimum absolute atomic E-state index is 0.0162. The van der Waals surface area contributed by atoms with E-state index in [4.69, 9.17) is 5.14 Å². The SMILES string of the molecule is CCC(C)NC(=O)c1cc(S(N)(=O)=O)ccc1Br. The highest BCUT2D eigenvalue weighted by Crippen LogP contribution is 2.20. The molecular formula is C11H15BrN2O3S. The first-order valence-electron chi connectivity index (χ1n) is 5.39. The monoisotopic (exact) mass is 334 g/mol. The number of carbonyl (C=O) groups is 1. The number of rotatable bonds is 4. The first-order chi connectivity index (χ1) is 8.25. The molecule has 0 aliphatic carbocycles. The van der Waals surface area contributed by atoms with Gasteiger partial charge in [0.2, 0.25) is 10.0 Å². The standard InChI is InChI=1S/C11H15BrN2O3S/c1-3-7(2)14-11(15)9-6-8(18(13,16)17)4-5-10(9)12/h4-7H,3H2,1-2H3,(H,14,15)(H2,13,16,17). The maximum Gasteiger partial charge on any atom is 0.252 e. The van der Waals surface area contributed by atoms with Gasteiger partial charge in [0.1, 0.15) is 0 Å². The van der Waals surface area contributed by atoms with Gasteiger partial charge < -0.3 is 5.32 Å². The van der Waals surface area contributed by atoms with Gasteiger partial charge in [0.05, 0.1) is 10.5 Å². The molecule has 1 atom stereocenters. The van der Waals surface area contributed by atoms with Gasteiger partial charge in [-0.3, -0.25) is 4.79 Å². The number of nitrogens with two attached hydrogens (primary N) is 1. The molecule has 0 heterocycles. The summed E-state index contributed by atoms with van der Waals surface area (Å²) in [5.41, 5.74) is 0.252. The molecule has 0 aliphatic heterocycles. The Bertz CT molecular complexity index is 557. The number of hydrogen-bond acceptors (Lipinski definition) is 3. The number of primary sulfonamides is 1. The maximum atomic E-state index is 11.9. The van der Waals surface area contributed by atoms with Gasteiger partial charge in [-0.1, -0.05) is 6.92 Å². The molecule has 7 heteroatoms. The van der Waals surface area contributed by atoms with Crippen molar-refractivity contribution in [2.75, 3.05) is 0 Å². The van der Waals surface area contributed by atoms with Crippen LogP contribution in [0.15, 0.2) is 27.6 Å². The lowest BCUT2D eigenvalue weighted by molar-refractivity contribution is 0.0938. The minimum Gasteiger partial charge on any atom is -0.350 e. The van der Waals surface area contributed by atoms with Crippen LogP contribution in [0.3, 0.4) is 0 Å². The van der Waals surface area contributed by atoms with Crippen LogP contribution in [0, 0.1) is 0 Å². The van der Waals surface area contributed by atoms with Crippen LogP contribution in [0.4, 0.5) is 0 Å². The zero-order valence-electron chi connectivity index (χ0n) is 10.1. The van der Waals surface area contributed by atoms with Crippen molar-refractivity contribution in [2.45, 2.75) is 31.2 Å². The van der Waals surface area contributed by atoms with Crippen LogP contribution in [0.2, 0.25) is 0 Å². The van der Waals surface area contributed by atoms with Gasteiger partial charge in [-0.25, -0.2) is 13.6 Å². The first-order valence-corrected chi connectivity index (χ1v) is 7.72. The second-order valence-electron chi connectivity index (χ2n) is 3.97. The van der Waals surface area contributed by atoms with E-state index in [1.54, 1.807) is 0 Å². The topological polar surface area (TPSA) is 89.3 Å². The van der Waals surface area contributed by atoms with E-state index in [9.17, 15) is 13.2 Å². The van der Waals surface area contributed by atoms with E-state index in [0.29, 0.717) is 4.47 Å². The quantitative estimate of drug-likeness (QED) is 0.876. The molecule has 18 heavy (non-hydrogen) atoms. The Hall–Kier alpha value is -0.920. The van der Waals surface area contributed by atoms with Gasteiger partial charge in [-0.2, -0.15) is 0 Å². The second-order valence-corrected chi connectivity index (χ2v) is 6.39. The maximum absolute atomic E-state index is 11.9. The number of nitrogens with one attached hydrogen (secondary N) is 1. The van der Waals surface area contributed by atoms with E-state index < -0.39 is 10.0 Å². The summed E-state index contributed by atoms with van der Waals surface area (Å²) in [7, 11) is -3.81. The van der Waals surface area contributed by atoms with Gasteiger partial charge in [-0.15, -0.1) is 0 Å². The van der Waals surface area contributed by atoms with Crippen LogP contribution in [-0.4, -0.2) is 20.4 Å². The molecular weight excluding hydrogens is 320 g/mol. The molecule has 1 rings (SSSR count). The average molecular weight is 335 g/mol. The van der Waals surface area contributed by atoms with Gasteiger partial charge >= 0.3 is 0 Å². The van der Waals surface area contributed by atoms with Crippen LogP contribution in [0.5, 0.6) is 0 Å². The predicted octanol–water partition coefficient (Wildman–Crippen LogP) is 1.62. The van der Waals surface area contributed by atoms with Crippen LogP contribution >= 0.6 is 15.9 Å². The molecule has 3 N–H and O–H groups in total. The highest BCUT2D eigenvalue weighted by molar-refractivity contribution is 9.10. The highest BCUT2D eigenvalue weighted by Gasteiger charge is 2.16. The van der Waals surface area contributed by atoms with Crippen LogP contribution in [0.25, 0.3) is 0 Å². The molecule has 5 nitrogen and oxygen atoms in total. The molecule has 0 aliphatic rings. The number of benzene rings is 1. The highest BCUT2D eigenvalue weighted by atomic mass is 79.9. The molecule has 0 aromatic heterocycles. The van der Waals surface area contributed by atoms with Gasteiger partial charge in [0, 0.05) is 10.5 Å². The van der Waals surface area contributed by atoms with E-state index in [-0.39, 0.29) is 22.4 Å². The largest absolute Gasteiger partial charge is 0.350 e. The van der Waals surface area contributed by atoms with Crippen LogP contribution in [-0.2, 0) is 10.0 Å². The molecule has 1 unspecified atom stereocenters. The van der Waals surface area contributed by atoms with Crippen molar-refractivity contribution in [3.63, 3.8) is 0 Å². The van der Waals surface area contributed by atoms with E-state index in [1.807, 2.05) is 13.8 Å². The third-order valence-electron chi connectivity index (χ3n) is 2.50. The van der Waals surface area contributed by atoms with Crippen molar-refractivity contribution < 1.29 is 13.2 Å². The minimum atomic E-state index is -3.81. The normalized spacial score (nSPS) is 13.1. The fraction of sp³-hybridized carbons (Fsp3) is 0.364. The zero-order valence-corrected chi connectivity index (χ0v) is 12.5. The van der Waals surface area contributed by atoms with E-state index in [0.717, 1.165) is 6.42 Å². The molecule has 0 saturated carbocycles. The molecule has 1 aromatic carbocycles. The molecule has 0 spiro atoms. The summed E-state index contributed by atoms with van der Waals surface area (Å²) in [5, 5.41) is 7.79. The summed E-state index contributed by atoms with van der Waals surface area (Å²) >= 11 is 3.21. The summed E-state index contributed by atoms with van der Waals surface area (Å²) < 4.78 is 23.0. The van der Waals surface area contributed by atoms with Crippen LogP contribution < -0.4 is 10.5 Å². The van der Waals surface area contributed by atoms with Gasteiger partial charge in [0.15, 0.2) is 0 Å². The van der Waals surface area contributed by atoms with Crippen molar-refractivity contribution in [1.82, 2.24) is 5.32 Å². The molecule has 1 aromatic rings. The lowest BCUT2D eigenvalue weighted by atomic mass is 10.2. The smallest absolute Gasteiger partial charge is 0.252 e. The Morgan fingerprint density at radius 2 is 2.11 bits per heavy atom. The summed E-state index contributed by atoms with van der Waals surface area (Å²) in [6.45, 7) is 3.82. The second kappa shape index (κ2) is 5.81. The zero-order chi connectivity index (χ0) is 13.9. The van der Waals surface area contributed by atoms with Crippen molar-refractivity contribution in [1.29, 1.82) is 0 Å². The summed E-state index contributed by atoms with van der Waals surface area (Å²) in [6, 6.07) is 4.12. The fourth-order valence-corrected chi connectivity index (χ4v) is 2.23. The number of hydrogen-bond donors (Lipinski definition) is 2. The number of sulfonamides is 1. The predicted molar refractivity (Wildman–Crippen MR) is 72.7 cm³/mol. The number of carbonyl (C=O) groups excluding carboxylic acids is 1. The number of amides is 1. The van der Waals surface area contributed by atoms with Gasteiger partial charge in [0.25, 0.3) is 5.91 Å². The lowest BCUT2D eigenvalue weighted by Gasteiger charge is -2.12. The van der Waals surface area contributed by atoms with E-state index >= 15 is 0 Å². The molecule has 0 radical (unpaired) electrons. The summed E-state index contributed by atoms with van der Waals surface area (Å²) in [5.74, 6) is -0.332.